The third-order valence-electron chi connectivity index (χ3n) is 4.42. The fourth-order valence-corrected chi connectivity index (χ4v) is 2.93. The van der Waals surface area contributed by atoms with Crippen LogP contribution in [0, 0.1) is 0 Å². The molecular formula is C20H23NO4. The molecule has 1 aliphatic rings. The summed E-state index contributed by atoms with van der Waals surface area (Å²) in [5, 5.41) is 0. The number of carbonyl (C=O) groups is 1. The van der Waals surface area contributed by atoms with Gasteiger partial charge in [0.05, 0.1) is 33.8 Å². The lowest BCUT2D eigenvalue weighted by atomic mass is 10.1. The zero-order chi connectivity index (χ0) is 17.6. The van der Waals surface area contributed by atoms with E-state index in [-0.39, 0.29) is 12.0 Å². The van der Waals surface area contributed by atoms with E-state index in [1.165, 1.54) is 0 Å². The molecule has 3 rings (SSSR count). The smallest absolute Gasteiger partial charge is 0.227 e. The molecule has 1 amide bonds. The molecule has 5 nitrogen and oxygen atoms in total. The number of carbonyl (C=O) groups excluding carboxylic acids is 1. The van der Waals surface area contributed by atoms with Crippen LogP contribution in [-0.4, -0.2) is 44.7 Å². The molecule has 0 radical (unpaired) electrons. The lowest BCUT2D eigenvalue weighted by Crippen LogP contribution is -2.42. The van der Waals surface area contributed by atoms with E-state index in [0.29, 0.717) is 26.1 Å². The highest BCUT2D eigenvalue weighted by Gasteiger charge is 2.25. The maximum absolute atomic E-state index is 12.6. The Labute approximate surface area is 148 Å². The highest BCUT2D eigenvalue weighted by Crippen LogP contribution is 2.24. The van der Waals surface area contributed by atoms with Crippen LogP contribution in [0.2, 0.25) is 0 Å². The zero-order valence-corrected chi connectivity index (χ0v) is 14.6. The molecule has 0 aromatic heterocycles. The van der Waals surface area contributed by atoms with Gasteiger partial charge in [-0.25, -0.2) is 0 Å². The van der Waals surface area contributed by atoms with Crippen molar-refractivity contribution in [3.8, 4) is 11.5 Å². The maximum atomic E-state index is 12.6. The second-order valence-electron chi connectivity index (χ2n) is 6.00. The molecule has 5 heteroatoms. The monoisotopic (exact) mass is 341 g/mol. The van der Waals surface area contributed by atoms with Crippen LogP contribution in [0.3, 0.4) is 0 Å². The van der Waals surface area contributed by atoms with Crippen LogP contribution in [0.15, 0.2) is 48.5 Å². The summed E-state index contributed by atoms with van der Waals surface area (Å²) in [6.07, 6.45) is 0.291. The zero-order valence-electron chi connectivity index (χ0n) is 14.6. The first-order valence-corrected chi connectivity index (χ1v) is 8.36. The predicted molar refractivity (Wildman–Crippen MR) is 95.0 cm³/mol. The average Bonchev–Trinajstić information content (AvgIpc) is 2.68. The molecule has 132 valence electrons. The molecule has 0 aliphatic carbocycles. The van der Waals surface area contributed by atoms with E-state index in [1.54, 1.807) is 14.2 Å². The molecule has 1 heterocycles. The number of hydrogen-bond acceptors (Lipinski definition) is 4. The van der Waals surface area contributed by atoms with Crippen molar-refractivity contribution in [1.29, 1.82) is 0 Å². The first kappa shape index (κ1) is 17.3. The van der Waals surface area contributed by atoms with Gasteiger partial charge in [-0.3, -0.25) is 4.79 Å². The summed E-state index contributed by atoms with van der Waals surface area (Å²) in [5.74, 6) is 1.72. The Bertz CT molecular complexity index is 697. The Morgan fingerprint density at radius 2 is 1.64 bits per heavy atom. The molecule has 2 aromatic carbocycles. The van der Waals surface area contributed by atoms with Crippen molar-refractivity contribution in [2.24, 2.45) is 0 Å². The number of amides is 1. The highest BCUT2D eigenvalue weighted by molar-refractivity contribution is 5.79. The van der Waals surface area contributed by atoms with Crippen molar-refractivity contribution in [2.45, 2.75) is 12.5 Å². The van der Waals surface area contributed by atoms with E-state index in [0.717, 1.165) is 22.6 Å². The van der Waals surface area contributed by atoms with Crippen LogP contribution >= 0.6 is 0 Å². The van der Waals surface area contributed by atoms with Crippen molar-refractivity contribution in [3.63, 3.8) is 0 Å². The fourth-order valence-electron chi connectivity index (χ4n) is 2.93. The van der Waals surface area contributed by atoms with Crippen molar-refractivity contribution in [1.82, 2.24) is 4.90 Å². The SMILES string of the molecule is COc1ccc(CC(=O)N2CCOC(c3ccc(OC)cc3)C2)cc1. The van der Waals surface area contributed by atoms with Gasteiger partial charge >= 0.3 is 0 Å². The van der Waals surface area contributed by atoms with Gasteiger partial charge in [0.1, 0.15) is 17.6 Å². The second-order valence-corrected chi connectivity index (χ2v) is 6.00. The Balaban J connectivity index is 1.62. The number of hydrogen-bond donors (Lipinski definition) is 0. The quantitative estimate of drug-likeness (QED) is 0.839. The molecule has 25 heavy (non-hydrogen) atoms. The first-order chi connectivity index (χ1) is 12.2. The summed E-state index contributed by atoms with van der Waals surface area (Å²) in [6.45, 7) is 1.74. The molecule has 1 atom stereocenters. The molecule has 1 fully saturated rings. The lowest BCUT2D eigenvalue weighted by molar-refractivity contribution is -0.138. The Morgan fingerprint density at radius 3 is 2.24 bits per heavy atom. The van der Waals surface area contributed by atoms with Gasteiger partial charge in [-0.2, -0.15) is 0 Å². The molecule has 1 unspecified atom stereocenters. The number of benzene rings is 2. The molecule has 0 bridgehead atoms. The van der Waals surface area contributed by atoms with Gasteiger partial charge in [-0.15, -0.1) is 0 Å². The van der Waals surface area contributed by atoms with Crippen molar-refractivity contribution in [3.05, 3.63) is 59.7 Å². The van der Waals surface area contributed by atoms with Gasteiger partial charge in [0, 0.05) is 6.54 Å². The Kier molecular flexibility index (Phi) is 5.56. The maximum Gasteiger partial charge on any atom is 0.227 e. The minimum absolute atomic E-state index is 0.0977. The normalized spacial score (nSPS) is 17.2. The van der Waals surface area contributed by atoms with Gasteiger partial charge in [0.15, 0.2) is 0 Å². The van der Waals surface area contributed by atoms with Crippen molar-refractivity contribution >= 4 is 5.91 Å². The molecule has 1 aliphatic heterocycles. The molecule has 1 saturated heterocycles. The van der Waals surface area contributed by atoms with Gasteiger partial charge in [0.2, 0.25) is 5.91 Å². The first-order valence-electron chi connectivity index (χ1n) is 8.36. The molecule has 0 saturated carbocycles. The van der Waals surface area contributed by atoms with Crippen LogP contribution in [0.25, 0.3) is 0 Å². The summed E-state index contributed by atoms with van der Waals surface area (Å²) in [4.78, 5) is 14.5. The third-order valence-corrected chi connectivity index (χ3v) is 4.42. The van der Waals surface area contributed by atoms with Crippen LogP contribution in [-0.2, 0) is 16.0 Å². The average molecular weight is 341 g/mol. The number of methoxy groups -OCH3 is 2. The summed E-state index contributed by atoms with van der Waals surface area (Å²) >= 11 is 0. The summed E-state index contributed by atoms with van der Waals surface area (Å²) in [5.41, 5.74) is 2.04. The number of nitrogens with zero attached hydrogens (tertiary/aromatic N) is 1. The minimum Gasteiger partial charge on any atom is -0.497 e. The van der Waals surface area contributed by atoms with E-state index in [1.807, 2.05) is 53.4 Å². The molecular weight excluding hydrogens is 318 g/mol. The third kappa shape index (κ3) is 4.31. The van der Waals surface area contributed by atoms with Crippen LogP contribution in [0.1, 0.15) is 17.2 Å². The number of rotatable bonds is 5. The Morgan fingerprint density at radius 1 is 1.04 bits per heavy atom. The number of ether oxygens (including phenoxy) is 3. The summed E-state index contributed by atoms with van der Waals surface area (Å²) in [6, 6.07) is 15.4. The van der Waals surface area contributed by atoms with Crippen molar-refractivity contribution < 1.29 is 19.0 Å². The Hall–Kier alpha value is -2.53. The van der Waals surface area contributed by atoms with E-state index in [4.69, 9.17) is 14.2 Å². The summed E-state index contributed by atoms with van der Waals surface area (Å²) < 4.78 is 16.2. The van der Waals surface area contributed by atoms with Crippen molar-refractivity contribution in [2.75, 3.05) is 33.9 Å². The van der Waals surface area contributed by atoms with Gasteiger partial charge in [-0.05, 0) is 35.4 Å². The minimum atomic E-state index is -0.0977. The highest BCUT2D eigenvalue weighted by atomic mass is 16.5. The topological polar surface area (TPSA) is 48.0 Å². The van der Waals surface area contributed by atoms with E-state index >= 15 is 0 Å². The van der Waals surface area contributed by atoms with E-state index in [2.05, 4.69) is 0 Å². The largest absolute Gasteiger partial charge is 0.497 e. The predicted octanol–water partition coefficient (Wildman–Crippen LogP) is 2.85. The van der Waals surface area contributed by atoms with Gasteiger partial charge < -0.3 is 19.1 Å². The van der Waals surface area contributed by atoms with Gasteiger partial charge in [-0.1, -0.05) is 24.3 Å². The van der Waals surface area contributed by atoms with Gasteiger partial charge in [0.25, 0.3) is 0 Å². The lowest BCUT2D eigenvalue weighted by Gasteiger charge is -2.33. The van der Waals surface area contributed by atoms with E-state index in [9.17, 15) is 4.79 Å². The standard InChI is InChI=1S/C20H23NO4/c1-23-17-7-3-15(4-8-17)13-20(22)21-11-12-25-19(14-21)16-5-9-18(24-2)10-6-16/h3-10,19H,11-14H2,1-2H3. The molecule has 0 N–H and O–H groups in total. The molecule has 0 spiro atoms. The molecule has 2 aromatic rings. The van der Waals surface area contributed by atoms with E-state index < -0.39 is 0 Å². The van der Waals surface area contributed by atoms with Crippen LogP contribution < -0.4 is 9.47 Å². The van der Waals surface area contributed by atoms with Crippen LogP contribution in [0.4, 0.5) is 0 Å². The second kappa shape index (κ2) is 8.03. The fraction of sp³-hybridized carbons (Fsp3) is 0.350. The summed E-state index contributed by atoms with van der Waals surface area (Å²) in [7, 11) is 3.28. The number of morpholine rings is 1. The van der Waals surface area contributed by atoms with Crippen LogP contribution in [0.5, 0.6) is 11.5 Å².